The van der Waals surface area contributed by atoms with Gasteiger partial charge in [0, 0.05) is 6.07 Å². The summed E-state index contributed by atoms with van der Waals surface area (Å²) in [6.07, 6.45) is 11.7. The Kier molecular flexibility index (Phi) is 8.02. The molecule has 0 unspecified atom stereocenters. The minimum atomic E-state index is 0.403. The van der Waals surface area contributed by atoms with Gasteiger partial charge in [-0.1, -0.05) is 51.9 Å². The lowest BCUT2D eigenvalue weighted by molar-refractivity contribution is -0.612. The number of pyridine rings is 1. The number of ether oxygens (including phenoxy) is 1. The largest absolute Gasteiger partial charge is 0.616 e. The van der Waals surface area contributed by atoms with Gasteiger partial charge in [0.2, 0.25) is 0 Å². The van der Waals surface area contributed by atoms with E-state index >= 15 is 0 Å². The summed E-state index contributed by atoms with van der Waals surface area (Å²) in [4.78, 5) is 0. The van der Waals surface area contributed by atoms with Gasteiger partial charge in [0.05, 0.1) is 12.7 Å². The third-order valence-corrected chi connectivity index (χ3v) is 3.04. The highest BCUT2D eigenvalue weighted by Gasteiger charge is 2.02. The first-order valence-corrected chi connectivity index (χ1v) is 7.15. The minimum Gasteiger partial charge on any atom is -0.616 e. The molecule has 102 valence electrons. The molecule has 0 atom stereocenters. The van der Waals surface area contributed by atoms with E-state index in [-0.39, 0.29) is 0 Å². The molecule has 0 radical (unpaired) electrons. The average Bonchev–Trinajstić information content (AvgIpc) is 2.39. The van der Waals surface area contributed by atoms with Crippen LogP contribution in [0.3, 0.4) is 0 Å². The van der Waals surface area contributed by atoms with Crippen molar-refractivity contribution in [3.05, 3.63) is 29.6 Å². The van der Waals surface area contributed by atoms with E-state index in [0.717, 1.165) is 11.2 Å². The highest BCUT2D eigenvalue weighted by atomic mass is 16.5. The number of unbranched alkanes of at least 4 members (excludes halogenated alkanes) is 7. The number of rotatable bonds is 10. The maximum Gasteiger partial charge on any atom is 0.379 e. The Morgan fingerprint density at radius 3 is 2.33 bits per heavy atom. The molecule has 1 heterocycles. The lowest BCUT2D eigenvalue weighted by Gasteiger charge is -2.05. The lowest BCUT2D eigenvalue weighted by Crippen LogP contribution is -2.28. The van der Waals surface area contributed by atoms with Crippen LogP contribution in [0.15, 0.2) is 24.4 Å². The standard InChI is InChI=1S/C15H25NO2/c1-2-3-4-5-6-7-8-11-14-18-15-12-9-10-13-16(15)17/h9-10,12-13H,2-8,11,14H2,1H3. The van der Waals surface area contributed by atoms with Crippen molar-refractivity contribution in [2.24, 2.45) is 0 Å². The molecule has 0 N–H and O–H groups in total. The highest BCUT2D eigenvalue weighted by Crippen LogP contribution is 2.09. The molecule has 0 saturated carbocycles. The summed E-state index contributed by atoms with van der Waals surface area (Å²) in [6, 6.07) is 5.23. The molecule has 3 heteroatoms. The number of aromatic nitrogens is 1. The Bertz CT molecular complexity index is 315. The number of hydrogen-bond acceptors (Lipinski definition) is 2. The van der Waals surface area contributed by atoms with E-state index in [4.69, 9.17) is 4.74 Å². The molecular formula is C15H25NO2. The monoisotopic (exact) mass is 251 g/mol. The fourth-order valence-electron chi connectivity index (χ4n) is 1.94. The first-order valence-electron chi connectivity index (χ1n) is 7.15. The minimum absolute atomic E-state index is 0.403. The van der Waals surface area contributed by atoms with Gasteiger partial charge in [-0.2, -0.15) is 0 Å². The van der Waals surface area contributed by atoms with Crippen molar-refractivity contribution in [1.82, 2.24) is 0 Å². The van der Waals surface area contributed by atoms with E-state index in [9.17, 15) is 5.21 Å². The predicted molar refractivity (Wildman–Crippen MR) is 73.5 cm³/mol. The third-order valence-electron chi connectivity index (χ3n) is 3.04. The van der Waals surface area contributed by atoms with Gasteiger partial charge in [-0.3, -0.25) is 0 Å². The van der Waals surface area contributed by atoms with Gasteiger partial charge >= 0.3 is 5.88 Å². The van der Waals surface area contributed by atoms with E-state index in [1.54, 1.807) is 12.1 Å². The zero-order chi connectivity index (χ0) is 13.1. The van der Waals surface area contributed by atoms with E-state index in [1.165, 1.54) is 51.1 Å². The van der Waals surface area contributed by atoms with Gasteiger partial charge in [-0.15, -0.1) is 4.73 Å². The van der Waals surface area contributed by atoms with Crippen molar-refractivity contribution in [3.8, 4) is 5.88 Å². The molecule has 18 heavy (non-hydrogen) atoms. The van der Waals surface area contributed by atoms with E-state index in [2.05, 4.69) is 6.92 Å². The molecule has 0 aromatic carbocycles. The zero-order valence-corrected chi connectivity index (χ0v) is 11.4. The number of hydrogen-bond donors (Lipinski definition) is 0. The molecule has 1 aromatic heterocycles. The van der Waals surface area contributed by atoms with Crippen molar-refractivity contribution < 1.29 is 9.47 Å². The first-order chi connectivity index (χ1) is 8.84. The second-order valence-electron chi connectivity index (χ2n) is 4.69. The maximum absolute atomic E-state index is 11.3. The van der Waals surface area contributed by atoms with E-state index in [0.29, 0.717) is 12.5 Å². The molecule has 0 bridgehead atoms. The fourth-order valence-corrected chi connectivity index (χ4v) is 1.94. The maximum atomic E-state index is 11.3. The molecular weight excluding hydrogens is 226 g/mol. The van der Waals surface area contributed by atoms with E-state index in [1.807, 2.05) is 6.07 Å². The third kappa shape index (κ3) is 6.48. The number of nitrogens with zero attached hydrogens (tertiary/aromatic N) is 1. The summed E-state index contributed by atoms with van der Waals surface area (Å²) in [6.45, 7) is 2.88. The van der Waals surface area contributed by atoms with Crippen LogP contribution in [0.25, 0.3) is 0 Å². The van der Waals surface area contributed by atoms with Crippen molar-refractivity contribution in [1.29, 1.82) is 0 Å². The van der Waals surface area contributed by atoms with Gasteiger partial charge in [0.25, 0.3) is 0 Å². The van der Waals surface area contributed by atoms with Gasteiger partial charge in [-0.05, 0) is 12.5 Å². The van der Waals surface area contributed by atoms with Crippen LogP contribution in [-0.4, -0.2) is 6.61 Å². The predicted octanol–water partition coefficient (Wildman–Crippen LogP) is 3.84. The van der Waals surface area contributed by atoms with Gasteiger partial charge in [0.1, 0.15) is 0 Å². The summed E-state index contributed by atoms with van der Waals surface area (Å²) >= 11 is 0. The molecule has 3 nitrogen and oxygen atoms in total. The van der Waals surface area contributed by atoms with Gasteiger partial charge in [0.15, 0.2) is 6.20 Å². The summed E-state index contributed by atoms with van der Waals surface area (Å²) in [5, 5.41) is 11.3. The summed E-state index contributed by atoms with van der Waals surface area (Å²) in [5.74, 6) is 0.403. The van der Waals surface area contributed by atoms with Gasteiger partial charge < -0.3 is 9.94 Å². The summed E-state index contributed by atoms with van der Waals surface area (Å²) in [5.41, 5.74) is 0. The molecule has 0 aliphatic heterocycles. The Morgan fingerprint density at radius 2 is 1.67 bits per heavy atom. The van der Waals surface area contributed by atoms with Crippen LogP contribution < -0.4 is 9.47 Å². The molecule has 0 aliphatic rings. The normalized spacial score (nSPS) is 10.5. The van der Waals surface area contributed by atoms with E-state index < -0.39 is 0 Å². The molecule has 0 fully saturated rings. The Morgan fingerprint density at radius 1 is 1.00 bits per heavy atom. The fraction of sp³-hybridized carbons (Fsp3) is 0.667. The van der Waals surface area contributed by atoms with Crippen LogP contribution in [0.1, 0.15) is 58.3 Å². The average molecular weight is 251 g/mol. The molecule has 0 saturated heterocycles. The van der Waals surface area contributed by atoms with Crippen LogP contribution >= 0.6 is 0 Å². The summed E-state index contributed by atoms with van der Waals surface area (Å²) < 4.78 is 6.20. The van der Waals surface area contributed by atoms with Crippen LogP contribution in [0.4, 0.5) is 0 Å². The molecule has 0 spiro atoms. The zero-order valence-electron chi connectivity index (χ0n) is 11.4. The molecule has 1 aromatic rings. The molecule has 0 aliphatic carbocycles. The van der Waals surface area contributed by atoms with Crippen molar-refractivity contribution in [2.75, 3.05) is 6.61 Å². The van der Waals surface area contributed by atoms with Crippen molar-refractivity contribution in [3.63, 3.8) is 0 Å². The first kappa shape index (κ1) is 14.8. The SMILES string of the molecule is CCCCCCCCCCOc1cccc[n+]1[O-]. The highest BCUT2D eigenvalue weighted by molar-refractivity contribution is 5.02. The quantitative estimate of drug-likeness (QED) is 0.360. The second-order valence-corrected chi connectivity index (χ2v) is 4.69. The van der Waals surface area contributed by atoms with Crippen LogP contribution in [0.2, 0.25) is 0 Å². The lowest BCUT2D eigenvalue weighted by atomic mass is 10.1. The van der Waals surface area contributed by atoms with Gasteiger partial charge in [-0.25, -0.2) is 0 Å². The van der Waals surface area contributed by atoms with Crippen molar-refractivity contribution in [2.45, 2.75) is 58.3 Å². The second kappa shape index (κ2) is 9.75. The Balaban J connectivity index is 1.94. The van der Waals surface area contributed by atoms with Crippen LogP contribution in [0.5, 0.6) is 5.88 Å². The van der Waals surface area contributed by atoms with Crippen molar-refractivity contribution >= 4 is 0 Å². The van der Waals surface area contributed by atoms with Crippen LogP contribution in [0, 0.1) is 5.21 Å². The molecule has 1 rings (SSSR count). The smallest absolute Gasteiger partial charge is 0.379 e. The Hall–Kier alpha value is -1.25. The summed E-state index contributed by atoms with van der Waals surface area (Å²) in [7, 11) is 0. The van der Waals surface area contributed by atoms with Crippen LogP contribution in [-0.2, 0) is 0 Å². The molecule has 0 amide bonds. The topological polar surface area (TPSA) is 36.2 Å². The Labute approximate surface area is 110 Å².